The van der Waals surface area contributed by atoms with E-state index in [0.717, 1.165) is 32.0 Å². The van der Waals surface area contributed by atoms with Crippen molar-refractivity contribution in [1.82, 2.24) is 10.2 Å². The van der Waals surface area contributed by atoms with Crippen LogP contribution in [0.5, 0.6) is 0 Å². The van der Waals surface area contributed by atoms with E-state index in [1.54, 1.807) is 0 Å². The van der Waals surface area contributed by atoms with Gasteiger partial charge in [0, 0.05) is 10.5 Å². The van der Waals surface area contributed by atoms with Gasteiger partial charge in [0.25, 0.3) is 5.91 Å². The third-order valence-corrected chi connectivity index (χ3v) is 4.51. The molecule has 1 aliphatic rings. The molecule has 0 bridgehead atoms. The topological polar surface area (TPSA) is 32.3 Å². The third kappa shape index (κ3) is 3.68. The maximum absolute atomic E-state index is 13.7. The molecule has 0 radical (unpaired) electrons. The number of piperidine rings is 1. The number of hydrogen-bond acceptors (Lipinski definition) is 2. The van der Waals surface area contributed by atoms with E-state index in [4.69, 9.17) is 11.6 Å². The molecule has 1 aromatic rings. The molecule has 1 amide bonds. The van der Waals surface area contributed by atoms with Crippen LogP contribution in [-0.4, -0.2) is 37.0 Å². The third-order valence-electron chi connectivity index (χ3n) is 3.31. The zero-order chi connectivity index (χ0) is 14.0. The molecule has 2 rings (SSSR count). The fourth-order valence-electron chi connectivity index (χ4n) is 2.11. The van der Waals surface area contributed by atoms with Gasteiger partial charge in [-0.15, -0.1) is 0 Å². The zero-order valence-corrected chi connectivity index (χ0v) is 12.9. The number of nitrogens with one attached hydrogen (secondary N) is 1. The molecule has 0 spiro atoms. The molecule has 0 saturated carbocycles. The van der Waals surface area contributed by atoms with E-state index in [9.17, 15) is 9.18 Å². The second-order valence-electron chi connectivity index (χ2n) is 4.80. The van der Waals surface area contributed by atoms with E-state index in [0.29, 0.717) is 4.47 Å². The lowest BCUT2D eigenvalue weighted by Crippen LogP contribution is -2.43. The molecule has 1 saturated heterocycles. The Morgan fingerprint density at radius 1 is 1.47 bits per heavy atom. The molecule has 1 heterocycles. The lowest BCUT2D eigenvalue weighted by Gasteiger charge is -2.29. The van der Waals surface area contributed by atoms with Gasteiger partial charge in [0.05, 0.1) is 10.6 Å². The van der Waals surface area contributed by atoms with E-state index in [1.165, 1.54) is 6.07 Å². The fraction of sp³-hybridized carbons (Fsp3) is 0.462. The molecule has 0 unspecified atom stereocenters. The molecular formula is C13H15BrClFN2O. The van der Waals surface area contributed by atoms with Crippen LogP contribution in [0.25, 0.3) is 0 Å². The summed E-state index contributed by atoms with van der Waals surface area (Å²) in [5.41, 5.74) is 0.0233. The number of hydrogen-bond donors (Lipinski definition) is 1. The van der Waals surface area contributed by atoms with E-state index in [1.807, 2.05) is 7.05 Å². The highest BCUT2D eigenvalue weighted by molar-refractivity contribution is 9.10. The van der Waals surface area contributed by atoms with E-state index < -0.39 is 5.82 Å². The molecule has 0 aromatic heterocycles. The van der Waals surface area contributed by atoms with E-state index in [-0.39, 0.29) is 22.5 Å². The van der Waals surface area contributed by atoms with Crippen molar-refractivity contribution in [3.8, 4) is 0 Å². The monoisotopic (exact) mass is 348 g/mol. The van der Waals surface area contributed by atoms with Crippen molar-refractivity contribution in [3.63, 3.8) is 0 Å². The molecule has 0 aliphatic carbocycles. The number of nitrogens with zero attached hydrogens (tertiary/aromatic N) is 1. The second kappa shape index (κ2) is 6.20. The molecule has 1 aliphatic heterocycles. The Bertz CT molecular complexity index is 490. The van der Waals surface area contributed by atoms with Crippen molar-refractivity contribution in [1.29, 1.82) is 0 Å². The Kier molecular flexibility index (Phi) is 4.81. The summed E-state index contributed by atoms with van der Waals surface area (Å²) in [7, 11) is 2.05. The minimum Gasteiger partial charge on any atom is -0.349 e. The summed E-state index contributed by atoms with van der Waals surface area (Å²) in [4.78, 5) is 14.3. The van der Waals surface area contributed by atoms with Gasteiger partial charge in [-0.2, -0.15) is 0 Å². The van der Waals surface area contributed by atoms with Gasteiger partial charge >= 0.3 is 0 Å². The predicted molar refractivity (Wildman–Crippen MR) is 77.1 cm³/mol. The van der Waals surface area contributed by atoms with Crippen LogP contribution in [0, 0.1) is 5.82 Å². The van der Waals surface area contributed by atoms with Gasteiger partial charge in [0.15, 0.2) is 0 Å². The van der Waals surface area contributed by atoms with Crippen molar-refractivity contribution in [2.45, 2.75) is 18.9 Å². The van der Waals surface area contributed by atoms with E-state index >= 15 is 0 Å². The molecule has 3 nitrogen and oxygen atoms in total. The highest BCUT2D eigenvalue weighted by Gasteiger charge is 2.21. The average Bonchev–Trinajstić information content (AvgIpc) is 2.36. The standard InChI is InChI=1S/C13H15BrClFN2O/c1-18-4-2-8(3-5-18)17-13(19)9-6-10(14)11(15)7-12(9)16/h6-8H,2-5H2,1H3,(H,17,19). The Morgan fingerprint density at radius 2 is 2.11 bits per heavy atom. The SMILES string of the molecule is CN1CCC(NC(=O)c2cc(Br)c(Cl)cc2F)CC1. The summed E-state index contributed by atoms with van der Waals surface area (Å²) in [6, 6.07) is 2.68. The van der Waals surface area contributed by atoms with E-state index in [2.05, 4.69) is 26.1 Å². The Balaban J connectivity index is 2.06. The van der Waals surface area contributed by atoms with Crippen LogP contribution in [0.15, 0.2) is 16.6 Å². The van der Waals surface area contributed by atoms with Crippen LogP contribution in [0.4, 0.5) is 4.39 Å². The number of carbonyl (C=O) groups is 1. The molecule has 1 fully saturated rings. The smallest absolute Gasteiger partial charge is 0.254 e. The number of amides is 1. The predicted octanol–water partition coefficient (Wildman–Crippen LogP) is 3.07. The Morgan fingerprint density at radius 3 is 2.74 bits per heavy atom. The number of carbonyl (C=O) groups excluding carboxylic acids is 1. The van der Waals surface area contributed by atoms with Gasteiger partial charge in [0.1, 0.15) is 5.82 Å². The largest absolute Gasteiger partial charge is 0.349 e. The lowest BCUT2D eigenvalue weighted by atomic mass is 10.0. The first kappa shape index (κ1) is 14.8. The van der Waals surface area contributed by atoms with Gasteiger partial charge in [0.2, 0.25) is 0 Å². The first-order chi connectivity index (χ1) is 8.97. The van der Waals surface area contributed by atoms with Crippen LogP contribution in [-0.2, 0) is 0 Å². The molecule has 1 N–H and O–H groups in total. The summed E-state index contributed by atoms with van der Waals surface area (Å²) in [6.45, 7) is 1.88. The van der Waals surface area contributed by atoms with Gasteiger partial charge in [-0.3, -0.25) is 4.79 Å². The maximum Gasteiger partial charge on any atom is 0.254 e. The van der Waals surface area contributed by atoms with Crippen molar-refractivity contribution in [2.24, 2.45) is 0 Å². The second-order valence-corrected chi connectivity index (χ2v) is 6.06. The fourth-order valence-corrected chi connectivity index (χ4v) is 2.61. The van der Waals surface area contributed by atoms with Crippen molar-refractivity contribution in [3.05, 3.63) is 33.0 Å². The van der Waals surface area contributed by atoms with Gasteiger partial charge in [-0.05, 0) is 61.0 Å². The van der Waals surface area contributed by atoms with Crippen LogP contribution in [0.2, 0.25) is 5.02 Å². The minimum atomic E-state index is -0.598. The minimum absolute atomic E-state index is 0.0233. The molecule has 104 valence electrons. The summed E-state index contributed by atoms with van der Waals surface area (Å²) in [6.07, 6.45) is 1.78. The van der Waals surface area contributed by atoms with Gasteiger partial charge in [-0.1, -0.05) is 11.6 Å². The molecule has 19 heavy (non-hydrogen) atoms. The average molecular weight is 350 g/mol. The first-order valence-electron chi connectivity index (χ1n) is 6.11. The maximum atomic E-state index is 13.7. The number of likely N-dealkylation sites (tertiary alicyclic amines) is 1. The summed E-state index contributed by atoms with van der Waals surface area (Å²) in [5, 5.41) is 3.13. The lowest BCUT2D eigenvalue weighted by molar-refractivity contribution is 0.0912. The summed E-state index contributed by atoms with van der Waals surface area (Å²) >= 11 is 8.97. The number of rotatable bonds is 2. The Labute approximate surface area is 125 Å². The highest BCUT2D eigenvalue weighted by Crippen LogP contribution is 2.25. The molecule has 6 heteroatoms. The first-order valence-corrected chi connectivity index (χ1v) is 7.28. The van der Waals surface area contributed by atoms with Crippen molar-refractivity contribution < 1.29 is 9.18 Å². The summed E-state index contributed by atoms with van der Waals surface area (Å²) < 4.78 is 14.2. The summed E-state index contributed by atoms with van der Waals surface area (Å²) in [5.74, 6) is -0.983. The normalized spacial score (nSPS) is 17.5. The van der Waals surface area contributed by atoms with Crippen LogP contribution in [0.1, 0.15) is 23.2 Å². The van der Waals surface area contributed by atoms with Gasteiger partial charge < -0.3 is 10.2 Å². The highest BCUT2D eigenvalue weighted by atomic mass is 79.9. The molecular weight excluding hydrogens is 335 g/mol. The number of benzene rings is 1. The van der Waals surface area contributed by atoms with Crippen molar-refractivity contribution >= 4 is 33.4 Å². The number of halogens is 3. The molecule has 1 aromatic carbocycles. The molecule has 0 atom stereocenters. The van der Waals surface area contributed by atoms with Crippen LogP contribution in [0.3, 0.4) is 0 Å². The van der Waals surface area contributed by atoms with Gasteiger partial charge in [-0.25, -0.2) is 4.39 Å². The zero-order valence-electron chi connectivity index (χ0n) is 10.5. The van der Waals surface area contributed by atoms with Crippen LogP contribution >= 0.6 is 27.5 Å². The van der Waals surface area contributed by atoms with Crippen LogP contribution < -0.4 is 5.32 Å². The Hall–Kier alpha value is -0.650. The quantitative estimate of drug-likeness (QED) is 0.832. The van der Waals surface area contributed by atoms with Crippen molar-refractivity contribution in [2.75, 3.05) is 20.1 Å².